The average molecular weight is 417 g/mol. The molecule has 0 saturated carbocycles. The molecule has 1 aromatic heterocycles. The Morgan fingerprint density at radius 1 is 1.07 bits per heavy atom. The molecule has 27 heavy (non-hydrogen) atoms. The third kappa shape index (κ3) is 3.84. The maximum absolute atomic E-state index is 13.0. The fourth-order valence-electron chi connectivity index (χ4n) is 2.65. The van der Waals surface area contributed by atoms with Crippen molar-refractivity contribution < 1.29 is 26.3 Å². The van der Waals surface area contributed by atoms with Crippen LogP contribution in [-0.2, 0) is 15.2 Å². The largest absolute Gasteiger partial charge is 0.496 e. The van der Waals surface area contributed by atoms with Crippen molar-refractivity contribution in [1.29, 1.82) is 0 Å². The molecule has 0 aliphatic rings. The van der Waals surface area contributed by atoms with E-state index < -0.39 is 20.8 Å². The van der Waals surface area contributed by atoms with Gasteiger partial charge in [-0.05, 0) is 43.3 Å². The molecule has 0 spiro atoms. The van der Waals surface area contributed by atoms with E-state index >= 15 is 0 Å². The second kappa shape index (κ2) is 6.65. The lowest BCUT2D eigenvalue weighted by Crippen LogP contribution is -2.06. The summed E-state index contributed by atoms with van der Waals surface area (Å²) < 4.78 is 67.1. The van der Waals surface area contributed by atoms with E-state index in [-0.39, 0.29) is 10.6 Å². The number of nitrogens with zero attached hydrogens (tertiary/aromatic N) is 2. The van der Waals surface area contributed by atoms with Crippen LogP contribution >= 0.6 is 10.7 Å². The maximum atomic E-state index is 13.0. The minimum atomic E-state index is -4.51. The number of rotatable bonds is 3. The molecule has 0 aliphatic carbocycles. The van der Waals surface area contributed by atoms with Crippen LogP contribution in [0.4, 0.5) is 13.2 Å². The van der Waals surface area contributed by atoms with Gasteiger partial charge in [0.1, 0.15) is 11.6 Å². The minimum Gasteiger partial charge on any atom is -0.496 e. The number of hydrogen-bond donors (Lipinski definition) is 0. The lowest BCUT2D eigenvalue weighted by Gasteiger charge is -2.14. The normalized spacial score (nSPS) is 12.4. The lowest BCUT2D eigenvalue weighted by molar-refractivity contribution is -0.137. The van der Waals surface area contributed by atoms with Gasteiger partial charge in [0.25, 0.3) is 9.05 Å². The second-order valence-electron chi connectivity index (χ2n) is 5.65. The van der Waals surface area contributed by atoms with E-state index in [1.165, 1.54) is 31.4 Å². The van der Waals surface area contributed by atoms with Gasteiger partial charge >= 0.3 is 6.18 Å². The van der Waals surface area contributed by atoms with Gasteiger partial charge in [0.05, 0.1) is 28.8 Å². The van der Waals surface area contributed by atoms with Crippen molar-refractivity contribution in [1.82, 2.24) is 9.97 Å². The molecule has 0 bridgehead atoms. The summed E-state index contributed by atoms with van der Waals surface area (Å²) in [5.41, 5.74) is 0.0824. The highest BCUT2D eigenvalue weighted by Gasteiger charge is 2.31. The summed E-state index contributed by atoms with van der Waals surface area (Å²) >= 11 is 0. The van der Waals surface area contributed by atoms with Gasteiger partial charge in [0, 0.05) is 21.6 Å². The van der Waals surface area contributed by atoms with Gasteiger partial charge in [-0.25, -0.2) is 18.4 Å². The zero-order valence-corrected chi connectivity index (χ0v) is 15.6. The zero-order chi connectivity index (χ0) is 20.0. The van der Waals surface area contributed by atoms with Gasteiger partial charge < -0.3 is 4.74 Å². The highest BCUT2D eigenvalue weighted by Crippen LogP contribution is 2.38. The Labute approximate surface area is 157 Å². The molecule has 0 atom stereocenters. The van der Waals surface area contributed by atoms with E-state index in [2.05, 4.69) is 9.97 Å². The van der Waals surface area contributed by atoms with Crippen molar-refractivity contribution in [3.05, 3.63) is 47.8 Å². The number of benzene rings is 2. The first-order valence-electron chi connectivity index (χ1n) is 7.49. The summed E-state index contributed by atoms with van der Waals surface area (Å²) in [7, 11) is 2.67. The SMILES string of the molecule is COc1cc(C(F)(F)F)ccc1-c1nc(C)nc2cc(S(=O)(=O)Cl)ccc12. The monoisotopic (exact) mass is 416 g/mol. The van der Waals surface area contributed by atoms with Gasteiger partial charge in [0.15, 0.2) is 0 Å². The Kier molecular flexibility index (Phi) is 4.77. The smallest absolute Gasteiger partial charge is 0.416 e. The molecule has 1 heterocycles. The van der Waals surface area contributed by atoms with E-state index in [4.69, 9.17) is 15.4 Å². The van der Waals surface area contributed by atoms with Crippen LogP contribution in [0.3, 0.4) is 0 Å². The molecule has 5 nitrogen and oxygen atoms in total. The van der Waals surface area contributed by atoms with Crippen LogP contribution in [0, 0.1) is 6.92 Å². The highest BCUT2D eigenvalue weighted by atomic mass is 35.7. The van der Waals surface area contributed by atoms with Gasteiger partial charge in [0.2, 0.25) is 0 Å². The number of aromatic nitrogens is 2. The van der Waals surface area contributed by atoms with Gasteiger partial charge in [-0.1, -0.05) is 0 Å². The van der Waals surface area contributed by atoms with Crippen molar-refractivity contribution in [2.45, 2.75) is 18.0 Å². The molecular weight excluding hydrogens is 405 g/mol. The highest BCUT2D eigenvalue weighted by molar-refractivity contribution is 8.13. The van der Waals surface area contributed by atoms with E-state index in [0.717, 1.165) is 12.1 Å². The first-order valence-corrected chi connectivity index (χ1v) is 9.80. The Hall–Kier alpha value is -2.39. The second-order valence-corrected chi connectivity index (χ2v) is 8.21. The first kappa shape index (κ1) is 19.4. The fourth-order valence-corrected chi connectivity index (χ4v) is 3.42. The van der Waals surface area contributed by atoms with Gasteiger partial charge in [-0.15, -0.1) is 0 Å². The topological polar surface area (TPSA) is 69.2 Å². The third-order valence-corrected chi connectivity index (χ3v) is 5.20. The molecule has 142 valence electrons. The number of ether oxygens (including phenoxy) is 1. The Bertz CT molecular complexity index is 1150. The van der Waals surface area contributed by atoms with Crippen LogP contribution in [0.15, 0.2) is 41.3 Å². The Morgan fingerprint density at radius 2 is 1.78 bits per heavy atom. The molecular formula is C17H12ClF3N2O3S. The van der Waals surface area contributed by atoms with Crippen LogP contribution in [-0.4, -0.2) is 25.5 Å². The summed E-state index contributed by atoms with van der Waals surface area (Å²) in [4.78, 5) is 8.36. The molecule has 2 aromatic carbocycles. The minimum absolute atomic E-state index is 0.0155. The number of fused-ring (bicyclic) bond motifs is 1. The fraction of sp³-hybridized carbons (Fsp3) is 0.176. The Morgan fingerprint density at radius 3 is 2.37 bits per heavy atom. The van der Waals surface area contributed by atoms with E-state index in [9.17, 15) is 21.6 Å². The van der Waals surface area contributed by atoms with Crippen molar-refractivity contribution >= 4 is 30.6 Å². The Balaban J connectivity index is 2.28. The average Bonchev–Trinajstić information content (AvgIpc) is 2.58. The maximum Gasteiger partial charge on any atom is 0.416 e. The molecule has 10 heteroatoms. The third-order valence-electron chi connectivity index (χ3n) is 3.85. The van der Waals surface area contributed by atoms with Crippen molar-refractivity contribution in [2.75, 3.05) is 7.11 Å². The molecule has 0 saturated heterocycles. The summed E-state index contributed by atoms with van der Waals surface area (Å²) in [6, 6.07) is 7.09. The van der Waals surface area contributed by atoms with Crippen molar-refractivity contribution in [3.63, 3.8) is 0 Å². The van der Waals surface area contributed by atoms with Gasteiger partial charge in [-0.2, -0.15) is 13.2 Å². The standard InChI is InChI=1S/C17H12ClF3N2O3S/c1-9-22-14-8-11(27(18,24)25)4-6-12(14)16(23-9)13-5-3-10(17(19,20)21)7-15(13)26-2/h3-8H,1-2H3. The molecule has 0 fully saturated rings. The first-order chi connectivity index (χ1) is 12.5. The number of hydrogen-bond acceptors (Lipinski definition) is 5. The van der Waals surface area contributed by atoms with Crippen LogP contribution < -0.4 is 4.74 Å². The predicted molar refractivity (Wildman–Crippen MR) is 94.3 cm³/mol. The molecule has 0 aliphatic heterocycles. The van der Waals surface area contributed by atoms with Gasteiger partial charge in [-0.3, -0.25) is 0 Å². The van der Waals surface area contributed by atoms with Crippen molar-refractivity contribution in [3.8, 4) is 17.0 Å². The van der Waals surface area contributed by atoms with Crippen LogP contribution in [0.5, 0.6) is 5.75 Å². The summed E-state index contributed by atoms with van der Waals surface area (Å²) in [5.74, 6) is 0.293. The summed E-state index contributed by atoms with van der Waals surface area (Å²) in [5, 5.41) is 0.447. The van der Waals surface area contributed by atoms with E-state index in [1.54, 1.807) is 6.92 Å². The number of halogens is 4. The van der Waals surface area contributed by atoms with Crippen LogP contribution in [0.25, 0.3) is 22.2 Å². The molecule has 0 N–H and O–H groups in total. The lowest BCUT2D eigenvalue weighted by atomic mass is 10.0. The summed E-state index contributed by atoms with van der Waals surface area (Å²) in [6.45, 7) is 1.58. The van der Waals surface area contributed by atoms with Crippen LogP contribution in [0.1, 0.15) is 11.4 Å². The molecule has 3 aromatic rings. The van der Waals surface area contributed by atoms with E-state index in [0.29, 0.717) is 28.0 Å². The number of methoxy groups -OCH3 is 1. The quantitative estimate of drug-likeness (QED) is 0.585. The van der Waals surface area contributed by atoms with E-state index in [1.807, 2.05) is 0 Å². The summed E-state index contributed by atoms with van der Waals surface area (Å²) in [6.07, 6.45) is -4.51. The number of alkyl halides is 3. The molecule has 3 rings (SSSR count). The molecule has 0 amide bonds. The number of aryl methyl sites for hydroxylation is 1. The zero-order valence-electron chi connectivity index (χ0n) is 14.0. The predicted octanol–water partition coefficient (Wildman–Crippen LogP) is 4.56. The van der Waals surface area contributed by atoms with Crippen LogP contribution in [0.2, 0.25) is 0 Å². The molecule has 0 radical (unpaired) electrons. The van der Waals surface area contributed by atoms with Crippen molar-refractivity contribution in [2.24, 2.45) is 0 Å². The molecule has 0 unspecified atom stereocenters.